The molecule has 3 heterocycles. The monoisotopic (exact) mass is 410 g/mol. The number of fused-ring (bicyclic) bond motifs is 1. The second-order valence-corrected chi connectivity index (χ2v) is 7.49. The quantitative estimate of drug-likeness (QED) is 0.378. The molecule has 0 saturated carbocycles. The van der Waals surface area contributed by atoms with Crippen LogP contribution in [-0.4, -0.2) is 19.7 Å². The van der Waals surface area contributed by atoms with Crippen molar-refractivity contribution in [3.05, 3.63) is 89.4 Å². The van der Waals surface area contributed by atoms with Crippen LogP contribution in [0.2, 0.25) is 0 Å². The van der Waals surface area contributed by atoms with E-state index < -0.39 is 0 Å². The Hall–Kier alpha value is -3.93. The first-order chi connectivity index (χ1) is 15.1. The maximum Gasteiger partial charge on any atom is 0.226 e. The molecule has 2 aromatic carbocycles. The molecule has 6 heteroatoms. The van der Waals surface area contributed by atoms with Crippen LogP contribution in [-0.2, 0) is 6.61 Å². The normalized spacial score (nSPS) is 11.2. The van der Waals surface area contributed by atoms with Crippen molar-refractivity contribution in [2.45, 2.75) is 27.4 Å². The molecule has 5 aromatic rings. The summed E-state index contributed by atoms with van der Waals surface area (Å²) in [5.41, 5.74) is 5.45. The zero-order valence-corrected chi connectivity index (χ0v) is 17.7. The lowest BCUT2D eigenvalue weighted by molar-refractivity contribution is 0.288. The zero-order chi connectivity index (χ0) is 21.4. The fourth-order valence-corrected chi connectivity index (χ4v) is 3.71. The molecule has 0 N–H and O–H groups in total. The predicted molar refractivity (Wildman–Crippen MR) is 119 cm³/mol. The second kappa shape index (κ2) is 7.72. The maximum atomic E-state index is 6.04. The van der Waals surface area contributed by atoms with Gasteiger partial charge in [0.15, 0.2) is 5.65 Å². The van der Waals surface area contributed by atoms with Crippen LogP contribution in [0, 0.1) is 20.8 Å². The molecule has 3 aromatic heterocycles. The van der Waals surface area contributed by atoms with Crippen LogP contribution >= 0.6 is 0 Å². The first-order valence-electron chi connectivity index (χ1n) is 10.2. The summed E-state index contributed by atoms with van der Waals surface area (Å²) in [6.07, 6.45) is 0. The van der Waals surface area contributed by atoms with Gasteiger partial charge in [0.25, 0.3) is 0 Å². The van der Waals surface area contributed by atoms with Gasteiger partial charge in [-0.2, -0.15) is 10.1 Å². The lowest BCUT2D eigenvalue weighted by Crippen LogP contribution is -2.02. The number of aromatic nitrogens is 4. The second-order valence-electron chi connectivity index (χ2n) is 7.49. The number of para-hydroxylation sites is 1. The van der Waals surface area contributed by atoms with Crippen molar-refractivity contribution in [2.24, 2.45) is 0 Å². The van der Waals surface area contributed by atoms with E-state index in [9.17, 15) is 0 Å². The zero-order valence-electron chi connectivity index (χ0n) is 17.7. The van der Waals surface area contributed by atoms with Crippen LogP contribution in [0.1, 0.15) is 22.7 Å². The van der Waals surface area contributed by atoms with Crippen molar-refractivity contribution in [3.8, 4) is 23.0 Å². The molecule has 0 aliphatic heterocycles. The van der Waals surface area contributed by atoms with E-state index in [1.807, 2.05) is 85.3 Å². The Bertz CT molecular complexity index is 1360. The number of rotatable bonds is 5. The van der Waals surface area contributed by atoms with Gasteiger partial charge in [0.05, 0.1) is 11.4 Å². The van der Waals surface area contributed by atoms with E-state index >= 15 is 0 Å². The van der Waals surface area contributed by atoms with Crippen molar-refractivity contribution >= 4 is 11.0 Å². The molecule has 6 nitrogen and oxygen atoms in total. The molecule has 5 rings (SSSR count). The Morgan fingerprint density at radius 2 is 1.61 bits per heavy atom. The Kier molecular flexibility index (Phi) is 4.75. The maximum absolute atomic E-state index is 6.04. The van der Waals surface area contributed by atoms with Crippen LogP contribution < -0.4 is 4.74 Å². The topological polar surface area (TPSA) is 66.0 Å². The summed E-state index contributed by atoms with van der Waals surface area (Å²) in [6.45, 7) is 6.23. The summed E-state index contributed by atoms with van der Waals surface area (Å²) in [5.74, 6) is 1.86. The molecule has 31 heavy (non-hydrogen) atoms. The van der Waals surface area contributed by atoms with Crippen LogP contribution in [0.3, 0.4) is 0 Å². The van der Waals surface area contributed by atoms with Crippen LogP contribution in [0.4, 0.5) is 0 Å². The predicted octanol–water partition coefficient (Wildman–Crippen LogP) is 5.58. The third kappa shape index (κ3) is 3.57. The molecule has 154 valence electrons. The Labute approximate surface area is 180 Å². The van der Waals surface area contributed by atoms with Crippen LogP contribution in [0.15, 0.2) is 71.1 Å². The van der Waals surface area contributed by atoms with E-state index in [1.54, 1.807) is 0 Å². The Morgan fingerprint density at radius 1 is 0.903 bits per heavy atom. The molecule has 0 aliphatic rings. The molecular formula is C25H22N4O2. The van der Waals surface area contributed by atoms with Crippen LogP contribution in [0.25, 0.3) is 28.2 Å². The van der Waals surface area contributed by atoms with Crippen molar-refractivity contribution in [1.82, 2.24) is 19.7 Å². The third-order valence-corrected chi connectivity index (χ3v) is 5.26. The highest BCUT2D eigenvalue weighted by Gasteiger charge is 2.16. The van der Waals surface area contributed by atoms with Crippen LogP contribution in [0.5, 0.6) is 5.88 Å². The first kappa shape index (κ1) is 19.1. The van der Waals surface area contributed by atoms with Gasteiger partial charge in [-0.25, -0.2) is 9.67 Å². The number of nitrogens with zero attached hydrogens (tertiary/aromatic N) is 4. The van der Waals surface area contributed by atoms with Crippen molar-refractivity contribution in [3.63, 3.8) is 0 Å². The SMILES string of the molecule is Cc1oc(-c2ccccc2)nc1COc1cc(C)c2c(C)nn(-c3ccccc3)c2n1. The van der Waals surface area contributed by atoms with Gasteiger partial charge in [-0.05, 0) is 50.6 Å². The molecule has 0 unspecified atom stereocenters. The van der Waals surface area contributed by atoms with Crippen molar-refractivity contribution < 1.29 is 9.15 Å². The molecule has 0 atom stereocenters. The summed E-state index contributed by atoms with van der Waals surface area (Å²) < 4.78 is 13.7. The standard InChI is InChI=1S/C25H22N4O2/c1-16-14-22(27-24-23(16)17(2)28-29(24)20-12-8-5-9-13-20)30-15-21-18(3)31-25(26-21)19-10-6-4-7-11-19/h4-14H,15H2,1-3H3. The fourth-order valence-electron chi connectivity index (χ4n) is 3.71. The van der Waals surface area contributed by atoms with E-state index in [-0.39, 0.29) is 6.61 Å². The Morgan fingerprint density at radius 3 is 2.35 bits per heavy atom. The van der Waals surface area contributed by atoms with Gasteiger partial charge in [-0.15, -0.1) is 0 Å². The summed E-state index contributed by atoms with van der Waals surface area (Å²) >= 11 is 0. The summed E-state index contributed by atoms with van der Waals surface area (Å²) in [6, 6.07) is 21.8. The van der Waals surface area contributed by atoms with E-state index in [4.69, 9.17) is 19.2 Å². The molecular weight excluding hydrogens is 388 g/mol. The van der Waals surface area contributed by atoms with E-state index in [0.29, 0.717) is 11.8 Å². The minimum Gasteiger partial charge on any atom is -0.471 e. The highest BCUT2D eigenvalue weighted by Crippen LogP contribution is 2.28. The highest BCUT2D eigenvalue weighted by atomic mass is 16.5. The lowest BCUT2D eigenvalue weighted by atomic mass is 10.2. The van der Waals surface area contributed by atoms with Gasteiger partial charge >= 0.3 is 0 Å². The molecule has 0 radical (unpaired) electrons. The minimum atomic E-state index is 0.276. The number of pyridine rings is 1. The first-order valence-corrected chi connectivity index (χ1v) is 10.2. The van der Waals surface area contributed by atoms with Crippen molar-refractivity contribution in [1.29, 1.82) is 0 Å². The number of aryl methyl sites for hydroxylation is 3. The van der Waals surface area contributed by atoms with Gasteiger partial charge in [0.1, 0.15) is 18.1 Å². The Balaban J connectivity index is 1.46. The number of hydrogen-bond donors (Lipinski definition) is 0. The summed E-state index contributed by atoms with van der Waals surface area (Å²) in [4.78, 5) is 9.37. The van der Waals surface area contributed by atoms with Gasteiger partial charge in [0.2, 0.25) is 11.8 Å². The van der Waals surface area contributed by atoms with Gasteiger partial charge < -0.3 is 9.15 Å². The molecule has 0 spiro atoms. The largest absolute Gasteiger partial charge is 0.471 e. The van der Waals surface area contributed by atoms with Gasteiger partial charge in [0, 0.05) is 17.0 Å². The summed E-state index contributed by atoms with van der Waals surface area (Å²) in [5, 5.41) is 5.74. The number of benzene rings is 2. The summed E-state index contributed by atoms with van der Waals surface area (Å²) in [7, 11) is 0. The smallest absolute Gasteiger partial charge is 0.226 e. The number of ether oxygens (including phenoxy) is 1. The van der Waals surface area contributed by atoms with E-state index in [1.165, 1.54) is 0 Å². The van der Waals surface area contributed by atoms with Gasteiger partial charge in [-0.3, -0.25) is 0 Å². The lowest BCUT2D eigenvalue weighted by Gasteiger charge is -2.07. The van der Waals surface area contributed by atoms with E-state index in [0.717, 1.165) is 45.0 Å². The highest BCUT2D eigenvalue weighted by molar-refractivity contribution is 5.83. The molecule has 0 fully saturated rings. The molecule has 0 saturated heterocycles. The number of oxazole rings is 1. The average molecular weight is 410 g/mol. The molecule has 0 aliphatic carbocycles. The fraction of sp³-hybridized carbons (Fsp3) is 0.160. The molecule has 0 bridgehead atoms. The molecule has 0 amide bonds. The van der Waals surface area contributed by atoms with Crippen molar-refractivity contribution in [2.75, 3.05) is 0 Å². The minimum absolute atomic E-state index is 0.276. The third-order valence-electron chi connectivity index (χ3n) is 5.26. The van der Waals surface area contributed by atoms with Gasteiger partial charge in [-0.1, -0.05) is 36.4 Å². The average Bonchev–Trinajstić information content (AvgIpc) is 3.33. The van der Waals surface area contributed by atoms with E-state index in [2.05, 4.69) is 11.9 Å². The number of hydrogen-bond acceptors (Lipinski definition) is 5.